The Kier molecular flexibility index (Phi) is 5.48. The van der Waals surface area contributed by atoms with Crippen LogP contribution >= 0.6 is 0 Å². The van der Waals surface area contributed by atoms with Crippen molar-refractivity contribution < 1.29 is 37.7 Å². The van der Waals surface area contributed by atoms with Crippen LogP contribution in [0.5, 0.6) is 0 Å². The average molecular weight is 462 g/mol. The summed E-state index contributed by atoms with van der Waals surface area (Å²) in [7, 11) is 0. The molecule has 0 saturated heterocycles. The van der Waals surface area contributed by atoms with Gasteiger partial charge in [-0.1, -0.05) is 38.0 Å². The third kappa shape index (κ3) is 2.74. The first-order valence-electron chi connectivity index (χ1n) is 9.71. The molecule has 0 aromatic rings. The molecule has 4 aliphatic rings. The van der Waals surface area contributed by atoms with Gasteiger partial charge in [-0.3, -0.25) is 0 Å². The van der Waals surface area contributed by atoms with Crippen molar-refractivity contribution in [2.24, 2.45) is 34.5 Å². The molecule has 6 unspecified atom stereocenters. The van der Waals surface area contributed by atoms with E-state index in [-0.39, 0.29) is 37.7 Å². The monoisotopic (exact) mass is 462 g/mol. The summed E-state index contributed by atoms with van der Waals surface area (Å²) >= 11 is 0. The fraction of sp³-hybridized carbons (Fsp3) is 0.773. The van der Waals surface area contributed by atoms with Gasteiger partial charge in [0.2, 0.25) is 0 Å². The Morgan fingerprint density at radius 3 is 2.83 bits per heavy atom. The molecular formula is C22H33Ho-. The second kappa shape index (κ2) is 6.81. The van der Waals surface area contributed by atoms with E-state index in [0.29, 0.717) is 10.8 Å². The number of hydrogen-bond donors (Lipinski definition) is 0. The van der Waals surface area contributed by atoms with Crippen LogP contribution in [0.15, 0.2) is 24.3 Å². The first-order chi connectivity index (χ1) is 10.6. The van der Waals surface area contributed by atoms with E-state index in [1.807, 2.05) is 0 Å². The van der Waals surface area contributed by atoms with Gasteiger partial charge < -0.3 is 6.42 Å². The van der Waals surface area contributed by atoms with Crippen molar-refractivity contribution in [2.45, 2.75) is 71.6 Å². The normalized spacial score (nSPS) is 48.3. The number of allylic oxidation sites excluding steroid dienone is 3. The van der Waals surface area contributed by atoms with Crippen molar-refractivity contribution in [2.75, 3.05) is 0 Å². The molecular weight excluding hydrogens is 429 g/mol. The molecule has 0 aromatic heterocycles. The summed E-state index contributed by atoms with van der Waals surface area (Å²) in [5, 5.41) is 0. The van der Waals surface area contributed by atoms with Gasteiger partial charge in [-0.05, 0) is 73.0 Å². The molecule has 3 saturated carbocycles. The van der Waals surface area contributed by atoms with Crippen molar-refractivity contribution in [3.05, 3.63) is 30.7 Å². The van der Waals surface area contributed by atoms with Gasteiger partial charge in [-0.25, -0.2) is 0 Å². The molecule has 0 amide bonds. The van der Waals surface area contributed by atoms with Gasteiger partial charge in [0.05, 0.1) is 0 Å². The van der Waals surface area contributed by atoms with Crippen LogP contribution in [0.1, 0.15) is 71.6 Å². The fourth-order valence-corrected chi connectivity index (χ4v) is 7.18. The molecule has 1 radical (unpaired) electrons. The summed E-state index contributed by atoms with van der Waals surface area (Å²) in [5.41, 5.74) is 2.94. The average Bonchev–Trinajstić information content (AvgIpc) is 2.84. The van der Waals surface area contributed by atoms with E-state index in [9.17, 15) is 0 Å². The minimum Gasteiger partial charge on any atom is -0.325 e. The topological polar surface area (TPSA) is 0 Å². The summed E-state index contributed by atoms with van der Waals surface area (Å²) in [6.45, 7) is 9.27. The van der Waals surface area contributed by atoms with E-state index in [4.69, 9.17) is 0 Å². The molecule has 0 nitrogen and oxygen atoms in total. The predicted molar refractivity (Wildman–Crippen MR) is 94.3 cm³/mol. The van der Waals surface area contributed by atoms with Crippen molar-refractivity contribution in [1.82, 2.24) is 0 Å². The number of rotatable bonds is 2. The van der Waals surface area contributed by atoms with Gasteiger partial charge in [-0.2, -0.15) is 12.8 Å². The molecule has 3 fully saturated rings. The van der Waals surface area contributed by atoms with Crippen LogP contribution in [0.4, 0.5) is 0 Å². The zero-order chi connectivity index (χ0) is 15.4. The van der Waals surface area contributed by atoms with E-state index in [1.165, 1.54) is 57.8 Å². The first kappa shape index (κ1) is 18.5. The second-order valence-corrected chi connectivity index (χ2v) is 9.13. The quantitative estimate of drug-likeness (QED) is 0.255. The predicted octanol–water partition coefficient (Wildman–Crippen LogP) is 6.35. The zero-order valence-corrected chi connectivity index (χ0v) is 16.8. The van der Waals surface area contributed by atoms with Crippen LogP contribution in [0.25, 0.3) is 0 Å². The first-order valence-corrected chi connectivity index (χ1v) is 9.71. The SMILES string of the molecule is C=CCC1CCC2C3CC=C4C[CH-]CCC4(C)C3CCC12C.[Ho]. The minimum atomic E-state index is 0. The molecule has 0 heterocycles. The summed E-state index contributed by atoms with van der Waals surface area (Å²) in [6.07, 6.45) is 19.9. The van der Waals surface area contributed by atoms with Crippen molar-refractivity contribution in [3.63, 3.8) is 0 Å². The van der Waals surface area contributed by atoms with Gasteiger partial charge in [0.1, 0.15) is 0 Å². The minimum absolute atomic E-state index is 0. The van der Waals surface area contributed by atoms with Crippen LogP contribution < -0.4 is 0 Å². The van der Waals surface area contributed by atoms with Crippen LogP contribution in [-0.2, 0) is 0 Å². The molecule has 23 heavy (non-hydrogen) atoms. The Labute approximate surface area is 173 Å². The Hall–Kier alpha value is 0.740. The van der Waals surface area contributed by atoms with Gasteiger partial charge in [-0.15, -0.1) is 6.58 Å². The number of fused-ring (bicyclic) bond motifs is 5. The molecule has 4 rings (SSSR count). The maximum Gasteiger partial charge on any atom is 0 e. The Balaban J connectivity index is 0.00000156. The maximum atomic E-state index is 4.03. The molecule has 0 N–H and O–H groups in total. The van der Waals surface area contributed by atoms with Crippen molar-refractivity contribution in [1.29, 1.82) is 0 Å². The van der Waals surface area contributed by atoms with E-state index in [0.717, 1.165) is 23.7 Å². The van der Waals surface area contributed by atoms with Crippen LogP contribution in [0.3, 0.4) is 0 Å². The molecule has 0 aliphatic heterocycles. The Morgan fingerprint density at radius 2 is 2.04 bits per heavy atom. The largest absolute Gasteiger partial charge is 0.325 e. The molecule has 6 atom stereocenters. The second-order valence-electron chi connectivity index (χ2n) is 9.13. The Bertz CT molecular complexity index is 492. The van der Waals surface area contributed by atoms with Gasteiger partial charge in [0.15, 0.2) is 0 Å². The molecule has 0 aromatic carbocycles. The summed E-state index contributed by atoms with van der Waals surface area (Å²) < 4.78 is 0. The molecule has 133 valence electrons. The zero-order valence-electron chi connectivity index (χ0n) is 14.9. The smallest absolute Gasteiger partial charge is 0 e. The molecule has 0 bridgehead atoms. The summed E-state index contributed by atoms with van der Waals surface area (Å²) in [6, 6.07) is 0. The Morgan fingerprint density at radius 1 is 1.22 bits per heavy atom. The van der Waals surface area contributed by atoms with Gasteiger partial charge in [0.25, 0.3) is 0 Å². The summed E-state index contributed by atoms with van der Waals surface area (Å²) in [5.74, 6) is 3.84. The van der Waals surface area contributed by atoms with Crippen LogP contribution in [-0.4, -0.2) is 0 Å². The van der Waals surface area contributed by atoms with Gasteiger partial charge in [0, 0.05) is 37.7 Å². The fourth-order valence-electron chi connectivity index (χ4n) is 7.18. The van der Waals surface area contributed by atoms with Gasteiger partial charge >= 0.3 is 0 Å². The molecule has 4 aliphatic carbocycles. The van der Waals surface area contributed by atoms with E-state index in [2.05, 4.69) is 39.0 Å². The van der Waals surface area contributed by atoms with Crippen molar-refractivity contribution in [3.8, 4) is 0 Å². The third-order valence-electron chi connectivity index (χ3n) is 8.51. The maximum absolute atomic E-state index is 4.03. The van der Waals surface area contributed by atoms with Crippen molar-refractivity contribution >= 4 is 0 Å². The van der Waals surface area contributed by atoms with E-state index in [1.54, 1.807) is 5.57 Å². The number of hydrogen-bond acceptors (Lipinski definition) is 0. The van der Waals surface area contributed by atoms with Crippen LogP contribution in [0, 0.1) is 78.7 Å². The van der Waals surface area contributed by atoms with E-state index < -0.39 is 0 Å². The molecule has 0 spiro atoms. The van der Waals surface area contributed by atoms with Crippen LogP contribution in [0.2, 0.25) is 0 Å². The van der Waals surface area contributed by atoms with E-state index >= 15 is 0 Å². The standard InChI is InChI=1S/C22H33.Ho/c1-4-7-16-10-12-19-18-11-9-17-8-5-6-14-21(17,2)20(18)13-15-22(16,19)3;/h4-5,9,16,18-20H,1,6-8,10-15H2,2-3H3;/q-1;. The third-order valence-corrected chi connectivity index (χ3v) is 8.51. The summed E-state index contributed by atoms with van der Waals surface area (Å²) in [4.78, 5) is 0. The molecule has 1 heteroatoms.